The van der Waals surface area contributed by atoms with Crippen LogP contribution in [0.3, 0.4) is 0 Å². The molecule has 2 aliphatic rings. The summed E-state index contributed by atoms with van der Waals surface area (Å²) in [6.45, 7) is -0.304. The van der Waals surface area contributed by atoms with Crippen molar-refractivity contribution in [1.29, 1.82) is 0 Å². The molecule has 0 saturated carbocycles. The van der Waals surface area contributed by atoms with Gasteiger partial charge in [-0.15, -0.1) is 0 Å². The van der Waals surface area contributed by atoms with E-state index in [1.165, 1.54) is 19.2 Å². The number of hydrogen-bond acceptors (Lipinski definition) is 5. The molecule has 2 aromatic carbocycles. The van der Waals surface area contributed by atoms with Gasteiger partial charge in [-0.25, -0.2) is 0 Å². The summed E-state index contributed by atoms with van der Waals surface area (Å²) in [4.78, 5) is 16.3. The van der Waals surface area contributed by atoms with Crippen LogP contribution in [0.15, 0.2) is 53.0 Å². The van der Waals surface area contributed by atoms with Gasteiger partial charge in [0.1, 0.15) is 12.4 Å². The smallest absolute Gasteiger partial charge is 0.416 e. The van der Waals surface area contributed by atoms with Crippen LogP contribution < -0.4 is 14.8 Å². The van der Waals surface area contributed by atoms with E-state index in [9.17, 15) is 18.0 Å². The van der Waals surface area contributed by atoms with Gasteiger partial charge in [-0.3, -0.25) is 9.79 Å². The minimum Gasteiger partial charge on any atom is -0.493 e. The lowest BCUT2D eigenvalue weighted by molar-refractivity contribution is -0.138. The number of amidine groups is 1. The first kappa shape index (κ1) is 21.9. The fourth-order valence-electron chi connectivity index (χ4n) is 3.91. The summed E-state index contributed by atoms with van der Waals surface area (Å²) in [5.74, 6) is 0.904. The van der Waals surface area contributed by atoms with Crippen molar-refractivity contribution in [3.8, 4) is 11.5 Å². The second kappa shape index (κ2) is 8.66. The van der Waals surface area contributed by atoms with Gasteiger partial charge in [0.25, 0.3) is 0 Å². The number of benzene rings is 2. The Kier molecular flexibility index (Phi) is 5.92. The van der Waals surface area contributed by atoms with Crippen molar-refractivity contribution < 1.29 is 32.5 Å². The molecule has 2 aromatic rings. The molecular formula is C23H21F3N2O4. The number of fused-ring (bicyclic) bond motifs is 1. The van der Waals surface area contributed by atoms with Crippen LogP contribution in [0.1, 0.15) is 34.6 Å². The average molecular weight is 446 g/mol. The highest BCUT2D eigenvalue weighted by molar-refractivity contribution is 6.12. The lowest BCUT2D eigenvalue weighted by atomic mass is 9.85. The monoisotopic (exact) mass is 446 g/mol. The van der Waals surface area contributed by atoms with Crippen LogP contribution in [0.2, 0.25) is 0 Å². The number of piperidine rings is 1. The third-order valence-electron chi connectivity index (χ3n) is 5.49. The van der Waals surface area contributed by atoms with Gasteiger partial charge in [0, 0.05) is 23.5 Å². The number of ether oxygens (including phenoxy) is 2. The van der Waals surface area contributed by atoms with E-state index in [1.807, 2.05) is 6.08 Å². The Bertz CT molecular complexity index is 1110. The number of amides is 1. The highest BCUT2D eigenvalue weighted by Gasteiger charge is 2.34. The largest absolute Gasteiger partial charge is 0.493 e. The first-order chi connectivity index (χ1) is 15.3. The van der Waals surface area contributed by atoms with Crippen LogP contribution in [-0.2, 0) is 24.2 Å². The number of methoxy groups -OCH3 is 1. The summed E-state index contributed by atoms with van der Waals surface area (Å²) in [5.41, 5.74) is 1.03. The number of nitrogens with one attached hydrogen (secondary N) is 1. The molecule has 4 rings (SSSR count). The number of rotatable bonds is 6. The molecule has 2 N–H and O–H groups in total. The zero-order valence-corrected chi connectivity index (χ0v) is 17.2. The number of alkyl halides is 3. The molecule has 1 amide bonds. The molecule has 0 radical (unpaired) electrons. The molecule has 9 heteroatoms. The van der Waals surface area contributed by atoms with Crippen molar-refractivity contribution in [2.24, 2.45) is 4.99 Å². The van der Waals surface area contributed by atoms with Crippen LogP contribution in [0.25, 0.3) is 0 Å². The topological polar surface area (TPSA) is 80.2 Å². The zero-order chi connectivity index (χ0) is 22.9. The van der Waals surface area contributed by atoms with Gasteiger partial charge in [-0.1, -0.05) is 24.3 Å². The van der Waals surface area contributed by atoms with Gasteiger partial charge in [0.2, 0.25) is 5.91 Å². The van der Waals surface area contributed by atoms with E-state index in [0.717, 1.165) is 17.2 Å². The van der Waals surface area contributed by atoms with E-state index in [4.69, 9.17) is 14.6 Å². The van der Waals surface area contributed by atoms with Gasteiger partial charge in [0.05, 0.1) is 25.8 Å². The van der Waals surface area contributed by atoms with Crippen LogP contribution in [0, 0.1) is 0 Å². The summed E-state index contributed by atoms with van der Waals surface area (Å²) in [6, 6.07) is 8.77. The molecular weight excluding hydrogens is 425 g/mol. The van der Waals surface area contributed by atoms with Gasteiger partial charge in [0.15, 0.2) is 11.5 Å². The van der Waals surface area contributed by atoms with E-state index in [0.29, 0.717) is 18.1 Å². The number of nitrogens with zero attached hydrogens (tertiary/aromatic N) is 1. The fourth-order valence-corrected chi connectivity index (χ4v) is 3.91. The molecule has 6 nitrogen and oxygen atoms in total. The van der Waals surface area contributed by atoms with Crippen molar-refractivity contribution in [3.63, 3.8) is 0 Å². The number of halogens is 3. The Morgan fingerprint density at radius 3 is 2.72 bits per heavy atom. The van der Waals surface area contributed by atoms with Crippen LogP contribution >= 0.6 is 0 Å². The van der Waals surface area contributed by atoms with Gasteiger partial charge < -0.3 is 19.9 Å². The number of carbonyl (C=O) groups is 1. The summed E-state index contributed by atoms with van der Waals surface area (Å²) < 4.78 is 51.3. The van der Waals surface area contributed by atoms with Crippen LogP contribution in [0.4, 0.5) is 13.2 Å². The molecule has 0 aliphatic carbocycles. The average Bonchev–Trinajstić information content (AvgIpc) is 3.24. The predicted molar refractivity (Wildman–Crippen MR) is 111 cm³/mol. The molecule has 1 unspecified atom stereocenters. The Morgan fingerprint density at radius 2 is 2.00 bits per heavy atom. The number of aliphatic hydroxyl groups is 1. The van der Waals surface area contributed by atoms with E-state index in [2.05, 4.69) is 10.3 Å². The molecule has 0 spiro atoms. The molecule has 1 fully saturated rings. The Hall–Kier alpha value is -3.33. The fraction of sp³-hybridized carbons (Fsp3) is 0.304. The molecule has 168 valence electrons. The van der Waals surface area contributed by atoms with Crippen molar-refractivity contribution in [2.45, 2.75) is 31.7 Å². The zero-order valence-electron chi connectivity index (χ0n) is 17.2. The van der Waals surface area contributed by atoms with Crippen LogP contribution in [0.5, 0.6) is 11.5 Å². The van der Waals surface area contributed by atoms with E-state index < -0.39 is 18.3 Å². The van der Waals surface area contributed by atoms with E-state index in [1.54, 1.807) is 18.2 Å². The molecule has 2 aliphatic heterocycles. The highest BCUT2D eigenvalue weighted by Crippen LogP contribution is 2.39. The predicted octanol–water partition coefficient (Wildman–Crippen LogP) is 3.73. The number of carbonyl (C=O) groups excluding carboxylic acids is 1. The quantitative estimate of drug-likeness (QED) is 0.709. The molecule has 0 bridgehead atoms. The number of aliphatic hydroxyl groups excluding tert-OH is 1. The second-order valence-electron chi connectivity index (χ2n) is 7.50. The van der Waals surface area contributed by atoms with Gasteiger partial charge in [-0.2, -0.15) is 13.2 Å². The van der Waals surface area contributed by atoms with Crippen LogP contribution in [-0.4, -0.2) is 30.5 Å². The van der Waals surface area contributed by atoms with Crippen molar-refractivity contribution >= 4 is 11.7 Å². The summed E-state index contributed by atoms with van der Waals surface area (Å²) in [7, 11) is 1.44. The Labute approximate surface area is 182 Å². The Balaban J connectivity index is 1.58. The lowest BCUT2D eigenvalue weighted by Gasteiger charge is -2.26. The van der Waals surface area contributed by atoms with Crippen molar-refractivity contribution in [3.05, 3.63) is 70.3 Å². The maximum Gasteiger partial charge on any atom is 0.416 e. The first-order valence-electron chi connectivity index (χ1n) is 9.95. The SMILES string of the molecule is COc1cc(C2CC(=O)NC3=NCC=C32)ccc1OCc1ccc(CO)cc1C(F)(F)F. The van der Waals surface area contributed by atoms with E-state index in [-0.39, 0.29) is 41.7 Å². The number of aliphatic imine (C=N–C) groups is 1. The summed E-state index contributed by atoms with van der Waals surface area (Å²) in [5, 5.41) is 11.9. The molecule has 1 saturated heterocycles. The summed E-state index contributed by atoms with van der Waals surface area (Å²) in [6.07, 6.45) is -2.35. The van der Waals surface area contributed by atoms with Crippen molar-refractivity contribution in [2.75, 3.05) is 13.7 Å². The normalized spacial score (nSPS) is 17.9. The number of hydrogen-bond donors (Lipinski definition) is 2. The van der Waals surface area contributed by atoms with Gasteiger partial charge >= 0.3 is 6.18 Å². The third-order valence-corrected chi connectivity index (χ3v) is 5.49. The molecule has 0 aromatic heterocycles. The maximum atomic E-state index is 13.4. The highest BCUT2D eigenvalue weighted by atomic mass is 19.4. The third kappa shape index (κ3) is 4.34. The standard InChI is InChI=1S/C23H21F3N2O4/c1-31-20-9-14(17-10-21(30)28-22-16(17)6-7-27-22)4-5-19(20)32-12-15-3-2-13(11-29)8-18(15)23(24,25)26/h2-6,8-9,17,29H,7,10-12H2,1H3,(H,27,28,30). The molecule has 1 atom stereocenters. The minimum atomic E-state index is -4.58. The Morgan fingerprint density at radius 1 is 1.19 bits per heavy atom. The molecule has 32 heavy (non-hydrogen) atoms. The van der Waals surface area contributed by atoms with Gasteiger partial charge in [-0.05, 0) is 29.3 Å². The summed E-state index contributed by atoms with van der Waals surface area (Å²) >= 11 is 0. The molecule has 2 heterocycles. The maximum absolute atomic E-state index is 13.4. The van der Waals surface area contributed by atoms with Crippen molar-refractivity contribution in [1.82, 2.24) is 5.32 Å². The first-order valence-corrected chi connectivity index (χ1v) is 9.95. The lowest BCUT2D eigenvalue weighted by Crippen LogP contribution is -2.38. The second-order valence-corrected chi connectivity index (χ2v) is 7.50. The van der Waals surface area contributed by atoms with E-state index >= 15 is 0 Å². The minimum absolute atomic E-state index is 0.0539.